The molecular weight excluding hydrogens is 210 g/mol. The summed E-state index contributed by atoms with van der Waals surface area (Å²) < 4.78 is 0. The van der Waals surface area contributed by atoms with E-state index in [0.29, 0.717) is 6.04 Å². The number of Topliss-reactive ketones (excluding diaryl/α,β-unsaturated/α-hetero) is 1. The largest absolute Gasteiger partial charge is 0.303 e. The molecule has 1 aromatic carbocycles. The lowest BCUT2D eigenvalue weighted by Crippen LogP contribution is -2.40. The molecule has 0 amide bonds. The van der Waals surface area contributed by atoms with E-state index in [4.69, 9.17) is 0 Å². The van der Waals surface area contributed by atoms with Crippen LogP contribution in [0.4, 0.5) is 0 Å². The van der Waals surface area contributed by atoms with Crippen molar-refractivity contribution in [3.63, 3.8) is 0 Å². The minimum atomic E-state index is 0.0861. The van der Waals surface area contributed by atoms with E-state index < -0.39 is 0 Å². The van der Waals surface area contributed by atoms with Gasteiger partial charge in [0, 0.05) is 24.1 Å². The summed E-state index contributed by atoms with van der Waals surface area (Å²) in [5.41, 5.74) is 0.835. The second kappa shape index (κ2) is 5.46. The Labute approximate surface area is 104 Å². The summed E-state index contributed by atoms with van der Waals surface area (Å²) in [6, 6.07) is 10.3. The number of benzene rings is 1. The molecule has 0 bridgehead atoms. The molecule has 1 aromatic rings. The molecule has 0 aromatic heterocycles. The molecule has 17 heavy (non-hydrogen) atoms. The molecular formula is C15H21NO. The van der Waals surface area contributed by atoms with Gasteiger partial charge in [0.2, 0.25) is 0 Å². The first kappa shape index (κ1) is 12.3. The van der Waals surface area contributed by atoms with Gasteiger partial charge in [0.25, 0.3) is 0 Å². The van der Waals surface area contributed by atoms with Crippen LogP contribution in [0, 0.1) is 5.92 Å². The number of carbonyl (C=O) groups excluding carboxylic acids is 1. The first-order chi connectivity index (χ1) is 8.18. The monoisotopic (exact) mass is 231 g/mol. The van der Waals surface area contributed by atoms with E-state index in [2.05, 4.69) is 11.9 Å². The maximum absolute atomic E-state index is 12.2. The number of nitrogens with zero attached hydrogens (tertiary/aromatic N) is 1. The molecule has 0 N–H and O–H groups in total. The van der Waals surface area contributed by atoms with Gasteiger partial charge in [0.1, 0.15) is 0 Å². The molecule has 1 aliphatic carbocycles. The fraction of sp³-hybridized carbons (Fsp3) is 0.533. The third-order valence-corrected chi connectivity index (χ3v) is 3.77. The Kier molecular flexibility index (Phi) is 3.95. The zero-order chi connectivity index (χ0) is 12.3. The Morgan fingerprint density at radius 1 is 1.35 bits per heavy atom. The highest BCUT2D eigenvalue weighted by molar-refractivity contribution is 5.97. The highest BCUT2D eigenvalue weighted by atomic mass is 16.1. The highest BCUT2D eigenvalue weighted by Crippen LogP contribution is 2.24. The van der Waals surface area contributed by atoms with Gasteiger partial charge in [-0.2, -0.15) is 0 Å². The topological polar surface area (TPSA) is 20.3 Å². The number of hydrogen-bond acceptors (Lipinski definition) is 2. The van der Waals surface area contributed by atoms with E-state index in [-0.39, 0.29) is 11.7 Å². The van der Waals surface area contributed by atoms with Crippen LogP contribution in [0.5, 0.6) is 0 Å². The Hall–Kier alpha value is -1.15. The summed E-state index contributed by atoms with van der Waals surface area (Å²) in [5.74, 6) is 0.347. The van der Waals surface area contributed by atoms with E-state index in [1.165, 1.54) is 19.3 Å². The van der Waals surface area contributed by atoms with Crippen LogP contribution in [-0.2, 0) is 0 Å². The van der Waals surface area contributed by atoms with Gasteiger partial charge in [-0.25, -0.2) is 0 Å². The second-order valence-corrected chi connectivity index (χ2v) is 5.16. The lowest BCUT2D eigenvalue weighted by atomic mass is 9.90. The minimum Gasteiger partial charge on any atom is -0.303 e. The number of ketones is 1. The Morgan fingerprint density at radius 2 is 2.00 bits per heavy atom. The molecule has 1 saturated carbocycles. The number of carbonyl (C=O) groups is 1. The molecule has 92 valence electrons. The summed E-state index contributed by atoms with van der Waals surface area (Å²) in [6.45, 7) is 2.91. The molecule has 2 nitrogen and oxygen atoms in total. The van der Waals surface area contributed by atoms with E-state index in [1.54, 1.807) is 0 Å². The van der Waals surface area contributed by atoms with Gasteiger partial charge in [-0.05, 0) is 19.9 Å². The van der Waals surface area contributed by atoms with E-state index in [0.717, 1.165) is 12.1 Å². The van der Waals surface area contributed by atoms with Gasteiger partial charge in [0.15, 0.2) is 5.78 Å². The molecule has 0 spiro atoms. The lowest BCUT2D eigenvalue weighted by molar-refractivity contribution is 0.0849. The SMILES string of the molecule is CC(CN(C)C1CCC1)C(=O)c1ccccc1. The molecule has 1 aliphatic rings. The van der Waals surface area contributed by atoms with Gasteiger partial charge in [-0.1, -0.05) is 43.7 Å². The summed E-state index contributed by atoms with van der Waals surface area (Å²) in [5, 5.41) is 0. The van der Waals surface area contributed by atoms with E-state index >= 15 is 0 Å². The summed E-state index contributed by atoms with van der Waals surface area (Å²) in [6.07, 6.45) is 3.93. The summed E-state index contributed by atoms with van der Waals surface area (Å²) in [7, 11) is 2.14. The maximum atomic E-state index is 12.2. The first-order valence-electron chi connectivity index (χ1n) is 6.48. The van der Waals surface area contributed by atoms with Crippen molar-refractivity contribution in [1.29, 1.82) is 0 Å². The molecule has 0 radical (unpaired) electrons. The average molecular weight is 231 g/mol. The predicted octanol–water partition coefficient (Wildman–Crippen LogP) is 2.99. The van der Waals surface area contributed by atoms with Crippen molar-refractivity contribution in [2.24, 2.45) is 5.92 Å². The smallest absolute Gasteiger partial charge is 0.166 e. The van der Waals surface area contributed by atoms with Crippen molar-refractivity contribution < 1.29 is 4.79 Å². The maximum Gasteiger partial charge on any atom is 0.166 e. The van der Waals surface area contributed by atoms with Crippen molar-refractivity contribution in [2.45, 2.75) is 32.2 Å². The zero-order valence-corrected chi connectivity index (χ0v) is 10.7. The van der Waals surface area contributed by atoms with Crippen LogP contribution in [0.1, 0.15) is 36.5 Å². The van der Waals surface area contributed by atoms with Crippen molar-refractivity contribution in [1.82, 2.24) is 4.90 Å². The minimum absolute atomic E-state index is 0.0861. The van der Waals surface area contributed by atoms with Crippen LogP contribution in [-0.4, -0.2) is 30.3 Å². The lowest BCUT2D eigenvalue weighted by Gasteiger charge is -2.35. The molecule has 1 fully saturated rings. The van der Waals surface area contributed by atoms with Gasteiger partial charge in [0.05, 0.1) is 0 Å². The van der Waals surface area contributed by atoms with Crippen LogP contribution in [0.15, 0.2) is 30.3 Å². The molecule has 0 aliphatic heterocycles. The zero-order valence-electron chi connectivity index (χ0n) is 10.7. The molecule has 0 heterocycles. The van der Waals surface area contributed by atoms with Crippen LogP contribution >= 0.6 is 0 Å². The quantitative estimate of drug-likeness (QED) is 0.726. The van der Waals surface area contributed by atoms with Gasteiger partial charge in [-0.15, -0.1) is 0 Å². The highest BCUT2D eigenvalue weighted by Gasteiger charge is 2.25. The van der Waals surface area contributed by atoms with E-state index in [9.17, 15) is 4.79 Å². The predicted molar refractivity (Wildman–Crippen MR) is 70.2 cm³/mol. The van der Waals surface area contributed by atoms with Gasteiger partial charge >= 0.3 is 0 Å². The molecule has 1 atom stereocenters. The Balaban J connectivity index is 1.91. The molecule has 2 rings (SSSR count). The fourth-order valence-corrected chi connectivity index (χ4v) is 2.38. The van der Waals surface area contributed by atoms with Gasteiger partial charge in [-0.3, -0.25) is 4.79 Å². The van der Waals surface area contributed by atoms with Crippen molar-refractivity contribution in [2.75, 3.05) is 13.6 Å². The second-order valence-electron chi connectivity index (χ2n) is 5.16. The normalized spacial score (nSPS) is 17.8. The molecule has 1 unspecified atom stereocenters. The van der Waals surface area contributed by atoms with Crippen LogP contribution in [0.3, 0.4) is 0 Å². The third kappa shape index (κ3) is 2.95. The Bertz CT molecular complexity index is 370. The molecule has 0 saturated heterocycles. The van der Waals surface area contributed by atoms with Crippen LogP contribution in [0.2, 0.25) is 0 Å². The van der Waals surface area contributed by atoms with Crippen LogP contribution in [0.25, 0.3) is 0 Å². The summed E-state index contributed by atoms with van der Waals surface area (Å²) >= 11 is 0. The first-order valence-corrected chi connectivity index (χ1v) is 6.48. The third-order valence-electron chi connectivity index (χ3n) is 3.77. The summed E-state index contributed by atoms with van der Waals surface area (Å²) in [4.78, 5) is 14.5. The van der Waals surface area contributed by atoms with Crippen molar-refractivity contribution >= 4 is 5.78 Å². The average Bonchev–Trinajstić information content (AvgIpc) is 2.26. The Morgan fingerprint density at radius 3 is 2.53 bits per heavy atom. The fourth-order valence-electron chi connectivity index (χ4n) is 2.38. The molecule has 2 heteroatoms. The number of hydrogen-bond donors (Lipinski definition) is 0. The van der Waals surface area contributed by atoms with Gasteiger partial charge < -0.3 is 4.90 Å². The van der Waals surface area contributed by atoms with Crippen molar-refractivity contribution in [3.8, 4) is 0 Å². The van der Waals surface area contributed by atoms with Crippen LogP contribution < -0.4 is 0 Å². The number of rotatable bonds is 5. The standard InChI is InChI=1S/C15H21NO/c1-12(11-16(2)14-9-6-10-14)15(17)13-7-4-3-5-8-13/h3-5,7-8,12,14H,6,9-11H2,1-2H3. The van der Waals surface area contributed by atoms with E-state index in [1.807, 2.05) is 37.3 Å². The van der Waals surface area contributed by atoms with Crippen molar-refractivity contribution in [3.05, 3.63) is 35.9 Å².